The van der Waals surface area contributed by atoms with Crippen molar-refractivity contribution in [3.8, 4) is 0 Å². The molecule has 46 heavy (non-hydrogen) atoms. The van der Waals surface area contributed by atoms with E-state index in [1.807, 2.05) is 13.8 Å². The Morgan fingerprint density at radius 3 is 1.35 bits per heavy atom. The van der Waals surface area contributed by atoms with E-state index >= 15 is 0 Å². The SMILES string of the molecule is CCCCC(CC)CC(C)(C1(C2(OC3(C4(C(C)(CC(CC)CCCC)S(=O)(=O)ON)CCO4)CCO3)CCO2)CCO1)S(=O)(=O)O. The number of rotatable bonds is 21. The molecule has 0 amide bonds. The summed E-state index contributed by atoms with van der Waals surface area (Å²) in [5.74, 6) is 2.24. The second-order valence-corrected chi connectivity index (χ2v) is 18.2. The van der Waals surface area contributed by atoms with Crippen LogP contribution in [0.1, 0.15) is 131 Å². The average molecular weight is 698 g/mol. The highest BCUT2D eigenvalue weighted by molar-refractivity contribution is 7.88. The Kier molecular flexibility index (Phi) is 11.7. The predicted octanol–water partition coefficient (Wildman–Crippen LogP) is 5.39. The van der Waals surface area contributed by atoms with Crippen LogP contribution in [-0.4, -0.2) is 80.1 Å². The fourth-order valence-corrected chi connectivity index (χ4v) is 11.3. The highest BCUT2D eigenvalue weighted by Gasteiger charge is 2.81. The van der Waals surface area contributed by atoms with Gasteiger partial charge in [-0.2, -0.15) is 27.0 Å². The minimum absolute atomic E-state index is 0.00420. The highest BCUT2D eigenvalue weighted by atomic mass is 32.2. The molecule has 0 aliphatic carbocycles. The van der Waals surface area contributed by atoms with Crippen molar-refractivity contribution in [1.82, 2.24) is 0 Å². The first-order chi connectivity index (χ1) is 21.6. The number of hydrogen-bond donors (Lipinski definition) is 2. The molecule has 8 atom stereocenters. The van der Waals surface area contributed by atoms with Gasteiger partial charge in [-0.05, 0) is 38.5 Å². The van der Waals surface area contributed by atoms with Crippen molar-refractivity contribution in [1.29, 1.82) is 0 Å². The first-order valence-corrected chi connectivity index (χ1v) is 20.3. The normalized spacial score (nSPS) is 35.4. The molecule has 270 valence electrons. The van der Waals surface area contributed by atoms with Gasteiger partial charge >= 0.3 is 0 Å². The van der Waals surface area contributed by atoms with Gasteiger partial charge in [0.15, 0.2) is 0 Å². The summed E-state index contributed by atoms with van der Waals surface area (Å²) in [7, 11) is -9.15. The molecule has 14 heteroatoms. The van der Waals surface area contributed by atoms with Crippen molar-refractivity contribution in [2.24, 2.45) is 17.7 Å². The van der Waals surface area contributed by atoms with Crippen LogP contribution < -0.4 is 5.90 Å². The zero-order valence-electron chi connectivity index (χ0n) is 28.8. The molecule has 3 N–H and O–H groups in total. The molecule has 0 aromatic carbocycles. The average Bonchev–Trinajstić information content (AvgIpc) is 2.92. The van der Waals surface area contributed by atoms with E-state index < -0.39 is 52.5 Å². The van der Waals surface area contributed by atoms with Crippen molar-refractivity contribution in [3.05, 3.63) is 0 Å². The number of hydrogen-bond acceptors (Lipinski definition) is 11. The molecule has 0 spiro atoms. The number of nitrogens with two attached hydrogens (primary N) is 1. The summed E-state index contributed by atoms with van der Waals surface area (Å²) < 4.78 is 99.3. The zero-order chi connectivity index (χ0) is 34.1. The fourth-order valence-electron chi connectivity index (χ4n) is 8.70. The van der Waals surface area contributed by atoms with Crippen LogP contribution in [0, 0.1) is 11.8 Å². The number of ether oxygens (including phenoxy) is 5. The van der Waals surface area contributed by atoms with Crippen LogP contribution in [0.25, 0.3) is 0 Å². The number of unbranched alkanes of at least 4 members (excludes halogenated alkanes) is 2. The van der Waals surface area contributed by atoms with E-state index in [0.29, 0.717) is 0 Å². The molecule has 4 rings (SSSR count). The van der Waals surface area contributed by atoms with E-state index in [-0.39, 0.29) is 76.8 Å². The van der Waals surface area contributed by atoms with Gasteiger partial charge in [-0.1, -0.05) is 79.1 Å². The molecule has 0 aromatic heterocycles. The molecule has 4 fully saturated rings. The molecule has 0 radical (unpaired) electrons. The van der Waals surface area contributed by atoms with Crippen molar-refractivity contribution >= 4 is 20.2 Å². The Bertz CT molecular complexity index is 1240. The molecule has 4 saturated heterocycles. The Morgan fingerprint density at radius 2 is 1.09 bits per heavy atom. The maximum absolute atomic E-state index is 13.9. The molecule has 12 nitrogen and oxygen atoms in total. The first-order valence-electron chi connectivity index (χ1n) is 17.4. The van der Waals surface area contributed by atoms with Crippen LogP contribution in [0.5, 0.6) is 0 Å². The largest absolute Gasteiger partial charge is 0.367 e. The van der Waals surface area contributed by atoms with E-state index in [1.165, 1.54) is 6.92 Å². The molecule has 4 heterocycles. The lowest BCUT2D eigenvalue weighted by molar-refractivity contribution is -0.522. The summed E-state index contributed by atoms with van der Waals surface area (Å²) >= 11 is 0. The van der Waals surface area contributed by atoms with Gasteiger partial charge in [-0.15, -0.1) is 0 Å². The molecule has 0 saturated carbocycles. The van der Waals surface area contributed by atoms with Crippen molar-refractivity contribution in [3.63, 3.8) is 0 Å². The second-order valence-electron chi connectivity index (χ2n) is 14.4. The lowest BCUT2D eigenvalue weighted by atomic mass is 9.66. The summed E-state index contributed by atoms with van der Waals surface area (Å²) in [5.41, 5.74) is -3.11. The van der Waals surface area contributed by atoms with Gasteiger partial charge in [0.2, 0.25) is 11.6 Å². The Balaban J connectivity index is 1.81. The summed E-state index contributed by atoms with van der Waals surface area (Å²) in [6, 6.07) is 0. The molecule has 0 aromatic rings. The van der Waals surface area contributed by atoms with Crippen LogP contribution in [0.15, 0.2) is 0 Å². The Morgan fingerprint density at radius 1 is 0.717 bits per heavy atom. The molecular weight excluding hydrogens is 638 g/mol. The summed E-state index contributed by atoms with van der Waals surface area (Å²) in [6.07, 6.45) is 8.31. The summed E-state index contributed by atoms with van der Waals surface area (Å²) in [4.78, 5) is 0. The van der Waals surface area contributed by atoms with Crippen LogP contribution in [-0.2, 0) is 48.2 Å². The van der Waals surface area contributed by atoms with Crippen molar-refractivity contribution in [2.75, 3.05) is 26.4 Å². The third-order valence-corrected chi connectivity index (χ3v) is 15.6. The van der Waals surface area contributed by atoms with Crippen LogP contribution in [0.3, 0.4) is 0 Å². The second kappa shape index (κ2) is 14.1. The lowest BCUT2D eigenvalue weighted by Gasteiger charge is -2.70. The van der Waals surface area contributed by atoms with Crippen molar-refractivity contribution < 1.29 is 49.4 Å². The third kappa shape index (κ3) is 5.81. The third-order valence-electron chi connectivity index (χ3n) is 12.1. The van der Waals surface area contributed by atoms with Gasteiger partial charge < -0.3 is 23.7 Å². The fraction of sp³-hybridized carbons (Fsp3) is 1.00. The molecule has 8 unspecified atom stereocenters. The molecule has 4 aliphatic rings. The highest BCUT2D eigenvalue weighted by Crippen LogP contribution is 2.64. The van der Waals surface area contributed by atoms with Gasteiger partial charge in [-0.25, -0.2) is 0 Å². The minimum Gasteiger partial charge on any atom is -0.367 e. The van der Waals surface area contributed by atoms with Crippen molar-refractivity contribution in [2.45, 2.75) is 164 Å². The predicted molar refractivity (Wildman–Crippen MR) is 173 cm³/mol. The van der Waals surface area contributed by atoms with Crippen LogP contribution >= 0.6 is 0 Å². The maximum Gasteiger partial charge on any atom is 0.291 e. The van der Waals surface area contributed by atoms with Crippen LogP contribution in [0.4, 0.5) is 0 Å². The topological polar surface area (TPSA) is 170 Å². The van der Waals surface area contributed by atoms with E-state index in [2.05, 4.69) is 13.8 Å². The smallest absolute Gasteiger partial charge is 0.291 e. The van der Waals surface area contributed by atoms with Gasteiger partial charge in [0.1, 0.15) is 20.7 Å². The molecule has 4 aliphatic heterocycles. The van der Waals surface area contributed by atoms with Gasteiger partial charge in [0.25, 0.3) is 20.2 Å². The minimum atomic E-state index is -4.72. The Labute approximate surface area is 276 Å². The van der Waals surface area contributed by atoms with Gasteiger partial charge in [-0.3, -0.25) is 4.55 Å². The van der Waals surface area contributed by atoms with E-state index in [0.717, 1.165) is 51.4 Å². The zero-order valence-corrected chi connectivity index (χ0v) is 30.4. The first kappa shape index (κ1) is 38.4. The van der Waals surface area contributed by atoms with E-state index in [4.69, 9.17) is 33.9 Å². The standard InChI is InChI=1S/C32H59NO11S2/c1-7-11-13-25(9-3)23-27(5,45(34,35)36)29(15-19-39-29)31(17-21-41-31)43-32(18-22-42-32)30(16-20-40-30)28(6,46(37,38)44-33)24-26(10-4)14-12-8-2/h25-26H,7-24,33H2,1-6H3,(H,34,35,36). The molecule has 0 bridgehead atoms. The van der Waals surface area contributed by atoms with Gasteiger partial charge in [0.05, 0.1) is 26.4 Å². The maximum atomic E-state index is 13.9. The summed E-state index contributed by atoms with van der Waals surface area (Å²) in [5, 5.41) is 0. The van der Waals surface area contributed by atoms with Gasteiger partial charge in [0, 0.05) is 25.7 Å². The monoisotopic (exact) mass is 697 g/mol. The van der Waals surface area contributed by atoms with E-state index in [9.17, 15) is 21.4 Å². The Hall–Kier alpha value is -0.420. The van der Waals surface area contributed by atoms with E-state index in [1.54, 1.807) is 6.92 Å². The molecular formula is C32H59NO11S2. The lowest BCUT2D eigenvalue weighted by Crippen LogP contribution is -2.85. The summed E-state index contributed by atoms with van der Waals surface area (Å²) in [6.45, 7) is 12.4. The van der Waals surface area contributed by atoms with Crippen LogP contribution in [0.2, 0.25) is 0 Å². The quantitative estimate of drug-likeness (QED) is 0.116.